The van der Waals surface area contributed by atoms with Crippen LogP contribution in [-0.2, 0) is 0 Å². The van der Waals surface area contributed by atoms with Gasteiger partial charge in [0, 0.05) is 22.1 Å². The third-order valence-electron chi connectivity index (χ3n) is 2.96. The highest BCUT2D eigenvalue weighted by atomic mass is 15.1. The molecule has 4 N–H and O–H groups in total. The van der Waals surface area contributed by atoms with Crippen LogP contribution in [0.5, 0.6) is 0 Å². The van der Waals surface area contributed by atoms with Crippen molar-refractivity contribution in [3.8, 4) is 0 Å². The van der Waals surface area contributed by atoms with E-state index in [0.717, 1.165) is 10.8 Å². The molecule has 0 radical (unpaired) electrons. The second-order valence-electron chi connectivity index (χ2n) is 4.52. The van der Waals surface area contributed by atoms with Gasteiger partial charge >= 0.3 is 0 Å². The van der Waals surface area contributed by atoms with E-state index >= 15 is 0 Å². The van der Waals surface area contributed by atoms with Crippen molar-refractivity contribution in [1.82, 2.24) is 0 Å². The van der Waals surface area contributed by atoms with Crippen molar-refractivity contribution in [1.29, 1.82) is 0 Å². The van der Waals surface area contributed by atoms with Gasteiger partial charge in [-0.3, -0.25) is 0 Å². The molecule has 0 bridgehead atoms. The number of azo groups is 1. The largest absolute Gasteiger partial charge is 0.398 e. The molecule has 106 valence electrons. The van der Waals surface area contributed by atoms with Crippen LogP contribution in [0.4, 0.5) is 17.1 Å². The molecular formula is C17H18N4. The molecule has 2 aromatic rings. The van der Waals surface area contributed by atoms with E-state index in [4.69, 9.17) is 11.5 Å². The Morgan fingerprint density at radius 1 is 1.10 bits per heavy atom. The number of fused-ring (bicyclic) bond motifs is 1. The summed E-state index contributed by atoms with van der Waals surface area (Å²) in [4.78, 5) is 0. The highest BCUT2D eigenvalue weighted by molar-refractivity contribution is 6.06. The van der Waals surface area contributed by atoms with Crippen LogP contribution in [0.3, 0.4) is 0 Å². The molecule has 0 atom stereocenters. The molecule has 4 heteroatoms. The second kappa shape index (κ2) is 6.52. The Hall–Kier alpha value is -2.88. The van der Waals surface area contributed by atoms with Crippen molar-refractivity contribution in [3.63, 3.8) is 0 Å². The second-order valence-corrected chi connectivity index (χ2v) is 4.52. The lowest BCUT2D eigenvalue weighted by Crippen LogP contribution is -1.91. The van der Waals surface area contributed by atoms with E-state index in [1.54, 1.807) is 18.2 Å². The van der Waals surface area contributed by atoms with Gasteiger partial charge in [0.05, 0.1) is 11.4 Å². The maximum atomic E-state index is 6.03. The quantitative estimate of drug-likeness (QED) is 0.481. The topological polar surface area (TPSA) is 76.8 Å². The Morgan fingerprint density at radius 3 is 2.67 bits per heavy atom. The Kier molecular flexibility index (Phi) is 4.51. The molecule has 0 spiro atoms. The maximum Gasteiger partial charge on any atom is 0.0957 e. The summed E-state index contributed by atoms with van der Waals surface area (Å²) in [6.45, 7) is 5.77. The molecule has 0 fully saturated rings. The number of hydrogen-bond acceptors (Lipinski definition) is 4. The van der Waals surface area contributed by atoms with Crippen molar-refractivity contribution in [2.45, 2.75) is 6.92 Å². The van der Waals surface area contributed by atoms with E-state index in [2.05, 4.69) is 16.8 Å². The fraction of sp³-hybridized carbons (Fsp3) is 0.0588. The first-order valence-corrected chi connectivity index (χ1v) is 6.60. The van der Waals surface area contributed by atoms with Gasteiger partial charge in [0.1, 0.15) is 0 Å². The molecular weight excluding hydrogens is 260 g/mol. The summed E-state index contributed by atoms with van der Waals surface area (Å²) in [6, 6.07) is 9.21. The first kappa shape index (κ1) is 14.5. The van der Waals surface area contributed by atoms with Crippen molar-refractivity contribution in [3.05, 3.63) is 66.9 Å². The van der Waals surface area contributed by atoms with Crippen LogP contribution in [0.25, 0.3) is 10.8 Å². The van der Waals surface area contributed by atoms with Crippen molar-refractivity contribution in [2.75, 3.05) is 11.5 Å². The predicted octanol–water partition coefficient (Wildman–Crippen LogP) is 4.73. The van der Waals surface area contributed by atoms with Gasteiger partial charge in [-0.25, -0.2) is 0 Å². The SMILES string of the molecule is C=C(/C=C\C=C/C)/N=N/c1ccc(N)c2cccc(N)c12. The van der Waals surface area contributed by atoms with E-state index in [9.17, 15) is 0 Å². The summed E-state index contributed by atoms with van der Waals surface area (Å²) < 4.78 is 0. The molecule has 21 heavy (non-hydrogen) atoms. The van der Waals surface area contributed by atoms with E-state index in [-0.39, 0.29) is 0 Å². The molecule has 4 nitrogen and oxygen atoms in total. The number of hydrogen-bond donors (Lipinski definition) is 2. The molecule has 0 aromatic heterocycles. The summed E-state index contributed by atoms with van der Waals surface area (Å²) >= 11 is 0. The number of benzene rings is 2. The normalized spacial score (nSPS) is 12.0. The third-order valence-corrected chi connectivity index (χ3v) is 2.96. The summed E-state index contributed by atoms with van der Waals surface area (Å²) in [5.41, 5.74) is 14.5. The molecule has 2 aromatic carbocycles. The molecule has 0 saturated carbocycles. The molecule has 0 aliphatic rings. The fourth-order valence-electron chi connectivity index (χ4n) is 1.95. The zero-order chi connectivity index (χ0) is 15.2. The van der Waals surface area contributed by atoms with E-state index < -0.39 is 0 Å². The first-order chi connectivity index (χ1) is 10.1. The van der Waals surface area contributed by atoms with E-state index in [1.165, 1.54) is 0 Å². The van der Waals surface area contributed by atoms with E-state index in [1.807, 2.05) is 43.4 Å². The van der Waals surface area contributed by atoms with Gasteiger partial charge in [-0.2, -0.15) is 5.11 Å². The summed E-state index contributed by atoms with van der Waals surface area (Å²) in [7, 11) is 0. The van der Waals surface area contributed by atoms with Gasteiger partial charge < -0.3 is 11.5 Å². The zero-order valence-corrected chi connectivity index (χ0v) is 12.0. The van der Waals surface area contributed by atoms with Crippen LogP contribution in [-0.4, -0.2) is 0 Å². The van der Waals surface area contributed by atoms with Crippen LogP contribution in [0.2, 0.25) is 0 Å². The minimum absolute atomic E-state index is 0.563. The first-order valence-electron chi connectivity index (χ1n) is 6.60. The molecule has 0 aliphatic carbocycles. The molecule has 0 unspecified atom stereocenters. The maximum absolute atomic E-state index is 6.03. The Balaban J connectivity index is 2.39. The minimum Gasteiger partial charge on any atom is -0.398 e. The van der Waals surface area contributed by atoms with Crippen LogP contribution in [0, 0.1) is 0 Å². The molecule has 0 heterocycles. The van der Waals surface area contributed by atoms with Gasteiger partial charge in [-0.15, -0.1) is 5.11 Å². The number of rotatable bonds is 4. The van der Waals surface area contributed by atoms with Crippen molar-refractivity contribution >= 4 is 27.8 Å². The minimum atomic E-state index is 0.563. The average Bonchev–Trinajstić information content (AvgIpc) is 2.47. The smallest absolute Gasteiger partial charge is 0.0957 e. The van der Waals surface area contributed by atoms with Crippen molar-refractivity contribution in [2.24, 2.45) is 10.2 Å². The van der Waals surface area contributed by atoms with Gasteiger partial charge in [0.15, 0.2) is 0 Å². The molecule has 0 aliphatic heterocycles. The number of nitrogen functional groups attached to an aromatic ring is 2. The molecule has 2 rings (SSSR count). The number of nitrogens with two attached hydrogens (primary N) is 2. The highest BCUT2D eigenvalue weighted by Crippen LogP contribution is 2.34. The number of nitrogens with zero attached hydrogens (tertiary/aromatic N) is 2. The third kappa shape index (κ3) is 3.36. The van der Waals surface area contributed by atoms with Gasteiger partial charge in [0.2, 0.25) is 0 Å². The Bertz CT molecular complexity index is 755. The molecule has 0 saturated heterocycles. The Morgan fingerprint density at radius 2 is 1.90 bits per heavy atom. The lowest BCUT2D eigenvalue weighted by atomic mass is 10.1. The van der Waals surface area contributed by atoms with Gasteiger partial charge in [0.25, 0.3) is 0 Å². The lowest BCUT2D eigenvalue weighted by molar-refractivity contribution is 1.19. The standard InChI is InChI=1S/C17H18N4/c1-3-4-5-7-12(2)20-21-16-11-10-14(18)13-8-6-9-15(19)17(13)16/h3-11H,2,18-19H2,1H3/b4-3-,7-5-,21-20+. The van der Waals surface area contributed by atoms with Crippen LogP contribution in [0.15, 0.2) is 77.1 Å². The van der Waals surface area contributed by atoms with Crippen LogP contribution in [0.1, 0.15) is 6.92 Å². The number of anilines is 2. The summed E-state index contributed by atoms with van der Waals surface area (Å²) in [5, 5.41) is 10.0. The summed E-state index contributed by atoms with van der Waals surface area (Å²) in [5.74, 6) is 0. The molecule has 0 amide bonds. The highest BCUT2D eigenvalue weighted by Gasteiger charge is 2.06. The Labute approximate surface area is 124 Å². The van der Waals surface area contributed by atoms with Crippen molar-refractivity contribution < 1.29 is 0 Å². The van der Waals surface area contributed by atoms with Gasteiger partial charge in [-0.05, 0) is 31.2 Å². The monoisotopic (exact) mass is 278 g/mol. The van der Waals surface area contributed by atoms with Crippen LogP contribution < -0.4 is 11.5 Å². The fourth-order valence-corrected chi connectivity index (χ4v) is 1.95. The predicted molar refractivity (Wildman–Crippen MR) is 90.4 cm³/mol. The summed E-state index contributed by atoms with van der Waals surface area (Å²) in [6.07, 6.45) is 7.47. The average molecular weight is 278 g/mol. The van der Waals surface area contributed by atoms with E-state index in [0.29, 0.717) is 22.8 Å². The van der Waals surface area contributed by atoms with Gasteiger partial charge in [-0.1, -0.05) is 36.9 Å². The number of allylic oxidation sites excluding steroid dienone is 4. The lowest BCUT2D eigenvalue weighted by Gasteiger charge is -2.07. The van der Waals surface area contributed by atoms with Crippen LogP contribution >= 0.6 is 0 Å². The zero-order valence-electron chi connectivity index (χ0n) is 12.0.